The largest absolute Gasteiger partial charge is 0.478 e. The zero-order valence-corrected chi connectivity index (χ0v) is 15.8. The van der Waals surface area contributed by atoms with Crippen molar-refractivity contribution in [3.8, 4) is 0 Å². The van der Waals surface area contributed by atoms with Gasteiger partial charge in [0, 0.05) is 11.1 Å². The summed E-state index contributed by atoms with van der Waals surface area (Å²) in [6, 6.07) is 19.5. The number of rotatable bonds is 2. The number of hydrogen-bond acceptors (Lipinski definition) is 2. The lowest BCUT2D eigenvalue weighted by atomic mass is 10.0. The van der Waals surface area contributed by atoms with E-state index >= 15 is 0 Å². The molecular formula is C23H24O4. The zero-order chi connectivity index (χ0) is 20.6. The molecular weight excluding hydrogens is 340 g/mol. The van der Waals surface area contributed by atoms with Crippen molar-refractivity contribution in [1.82, 2.24) is 0 Å². The van der Waals surface area contributed by atoms with Gasteiger partial charge in [-0.1, -0.05) is 55.6 Å². The average Bonchev–Trinajstić information content (AvgIpc) is 2.61. The normalized spacial score (nSPS) is 9.44. The molecule has 0 spiro atoms. The molecule has 0 fully saturated rings. The number of benzene rings is 3. The summed E-state index contributed by atoms with van der Waals surface area (Å²) in [5, 5.41) is 21.1. The Morgan fingerprint density at radius 3 is 1.59 bits per heavy atom. The van der Waals surface area contributed by atoms with E-state index in [0.717, 1.165) is 0 Å². The number of hydrogen-bond donors (Lipinski definition) is 2. The van der Waals surface area contributed by atoms with Crippen molar-refractivity contribution in [2.45, 2.75) is 20.8 Å². The molecule has 0 aromatic heterocycles. The number of fused-ring (bicyclic) bond motifs is 2. The topological polar surface area (TPSA) is 74.6 Å². The van der Waals surface area contributed by atoms with E-state index in [-0.39, 0.29) is 11.1 Å². The fourth-order valence-electron chi connectivity index (χ4n) is 2.12. The summed E-state index contributed by atoms with van der Waals surface area (Å²) < 4.78 is 0. The van der Waals surface area contributed by atoms with Crippen LogP contribution < -0.4 is 0 Å². The number of carbonyl (C=O) groups is 2. The van der Waals surface area contributed by atoms with Gasteiger partial charge in [-0.05, 0) is 60.0 Å². The van der Waals surface area contributed by atoms with Crippen LogP contribution in [0.25, 0.3) is 21.5 Å². The molecule has 0 heterocycles. The van der Waals surface area contributed by atoms with Crippen LogP contribution in [0.3, 0.4) is 0 Å². The molecule has 0 unspecified atom stereocenters. The number of carboxylic acid groups (broad SMARTS) is 2. The average molecular weight is 364 g/mol. The third-order valence-corrected chi connectivity index (χ3v) is 3.69. The number of carboxylic acids is 2. The van der Waals surface area contributed by atoms with Crippen molar-refractivity contribution in [3.63, 3.8) is 0 Å². The van der Waals surface area contributed by atoms with Gasteiger partial charge in [0.25, 0.3) is 0 Å². The first-order valence-corrected chi connectivity index (χ1v) is 8.29. The fourth-order valence-corrected chi connectivity index (χ4v) is 2.12. The minimum atomic E-state index is -0.935. The quantitative estimate of drug-likeness (QED) is 0.459. The van der Waals surface area contributed by atoms with Gasteiger partial charge in [0.15, 0.2) is 0 Å². The minimum Gasteiger partial charge on any atom is -0.478 e. The lowest BCUT2D eigenvalue weighted by molar-refractivity contribution is -0.133. The first kappa shape index (κ1) is 21.6. The van der Waals surface area contributed by atoms with Crippen molar-refractivity contribution in [2.75, 3.05) is 0 Å². The highest BCUT2D eigenvalue weighted by Crippen LogP contribution is 2.24. The second-order valence-electron chi connectivity index (χ2n) is 6.17. The molecule has 3 aromatic carbocycles. The van der Waals surface area contributed by atoms with E-state index in [1.165, 1.54) is 41.0 Å². The van der Waals surface area contributed by atoms with Crippen LogP contribution >= 0.6 is 0 Å². The van der Waals surface area contributed by atoms with Gasteiger partial charge in [-0.15, -0.1) is 0 Å². The Bertz CT molecular complexity index is 952. The SMILES string of the molecule is C=C(C)C(=O)O.C=C(C)C(=O)O.Cc1cccc2cc3ccccc3cc12. The molecule has 27 heavy (non-hydrogen) atoms. The second-order valence-corrected chi connectivity index (χ2v) is 6.17. The maximum atomic E-state index is 9.60. The van der Waals surface area contributed by atoms with Crippen molar-refractivity contribution in [1.29, 1.82) is 0 Å². The van der Waals surface area contributed by atoms with Crippen LogP contribution in [0.2, 0.25) is 0 Å². The molecule has 3 aromatic rings. The Labute approximate surface area is 159 Å². The third kappa shape index (κ3) is 6.78. The highest BCUT2D eigenvalue weighted by atomic mass is 16.4. The van der Waals surface area contributed by atoms with Crippen LogP contribution in [0.1, 0.15) is 19.4 Å². The summed E-state index contributed by atoms with van der Waals surface area (Å²) in [7, 11) is 0. The Balaban J connectivity index is 0.000000256. The van der Waals surface area contributed by atoms with Gasteiger partial charge >= 0.3 is 11.9 Å². The van der Waals surface area contributed by atoms with Gasteiger partial charge in [0.1, 0.15) is 0 Å². The standard InChI is InChI=1S/C15H12.2C4H6O2/c1-11-5-4-8-14-9-12-6-2-3-7-13(12)10-15(11)14;2*1-3(2)4(5)6/h2-10H,1H3;2*1H2,2H3,(H,5,6). The highest BCUT2D eigenvalue weighted by Gasteiger charge is 1.99. The van der Waals surface area contributed by atoms with E-state index in [9.17, 15) is 9.59 Å². The smallest absolute Gasteiger partial charge is 0.330 e. The molecule has 0 saturated carbocycles. The molecule has 140 valence electrons. The van der Waals surface area contributed by atoms with Crippen LogP contribution in [0.4, 0.5) is 0 Å². The van der Waals surface area contributed by atoms with Crippen molar-refractivity contribution in [3.05, 3.63) is 84.5 Å². The van der Waals surface area contributed by atoms with Crippen molar-refractivity contribution in [2.24, 2.45) is 0 Å². The molecule has 0 aliphatic rings. The van der Waals surface area contributed by atoms with E-state index in [2.05, 4.69) is 74.7 Å². The molecule has 4 heteroatoms. The number of aliphatic carboxylic acids is 2. The third-order valence-electron chi connectivity index (χ3n) is 3.69. The molecule has 0 amide bonds. The fraction of sp³-hybridized carbons (Fsp3) is 0.130. The van der Waals surface area contributed by atoms with Gasteiger partial charge in [-0.3, -0.25) is 0 Å². The zero-order valence-electron chi connectivity index (χ0n) is 15.8. The Morgan fingerprint density at radius 1 is 0.741 bits per heavy atom. The van der Waals surface area contributed by atoms with Crippen molar-refractivity contribution >= 4 is 33.5 Å². The van der Waals surface area contributed by atoms with Crippen LogP contribution in [0.5, 0.6) is 0 Å². The molecule has 0 saturated heterocycles. The molecule has 0 radical (unpaired) electrons. The molecule has 2 N–H and O–H groups in total. The Hall–Kier alpha value is -3.40. The molecule has 4 nitrogen and oxygen atoms in total. The maximum Gasteiger partial charge on any atom is 0.330 e. The molecule has 0 aliphatic carbocycles. The van der Waals surface area contributed by atoms with Crippen LogP contribution in [-0.4, -0.2) is 22.2 Å². The van der Waals surface area contributed by atoms with Gasteiger partial charge in [-0.2, -0.15) is 0 Å². The van der Waals surface area contributed by atoms with Gasteiger partial charge in [0.2, 0.25) is 0 Å². The Kier molecular flexibility index (Phi) is 7.95. The lowest BCUT2D eigenvalue weighted by Gasteiger charge is -2.04. The molecule has 0 atom stereocenters. The summed E-state index contributed by atoms with van der Waals surface area (Å²) in [5.41, 5.74) is 1.70. The van der Waals surface area contributed by atoms with Crippen LogP contribution in [0.15, 0.2) is 78.9 Å². The first-order valence-electron chi connectivity index (χ1n) is 8.29. The van der Waals surface area contributed by atoms with E-state index in [1.807, 2.05) is 0 Å². The molecule has 0 bridgehead atoms. The minimum absolute atomic E-state index is 0.176. The summed E-state index contributed by atoms with van der Waals surface area (Å²) in [5.74, 6) is -1.87. The summed E-state index contributed by atoms with van der Waals surface area (Å²) >= 11 is 0. The summed E-state index contributed by atoms with van der Waals surface area (Å²) in [6.07, 6.45) is 0. The molecule has 0 aliphatic heterocycles. The van der Waals surface area contributed by atoms with Crippen LogP contribution in [-0.2, 0) is 9.59 Å². The Morgan fingerprint density at radius 2 is 1.15 bits per heavy atom. The lowest BCUT2D eigenvalue weighted by Crippen LogP contribution is -1.92. The molecule has 3 rings (SSSR count). The predicted molar refractivity (Wildman–Crippen MR) is 111 cm³/mol. The summed E-state index contributed by atoms with van der Waals surface area (Å²) in [6.45, 7) is 11.4. The summed E-state index contributed by atoms with van der Waals surface area (Å²) in [4.78, 5) is 19.2. The monoisotopic (exact) mass is 364 g/mol. The maximum absolute atomic E-state index is 9.60. The van der Waals surface area contributed by atoms with Crippen LogP contribution in [0, 0.1) is 6.92 Å². The van der Waals surface area contributed by atoms with E-state index < -0.39 is 11.9 Å². The van der Waals surface area contributed by atoms with E-state index in [1.54, 1.807) is 0 Å². The predicted octanol–water partition coefficient (Wildman–Crippen LogP) is 5.60. The second kappa shape index (κ2) is 9.92. The van der Waals surface area contributed by atoms with E-state index in [0.29, 0.717) is 0 Å². The number of aryl methyl sites for hydroxylation is 1. The highest BCUT2D eigenvalue weighted by molar-refractivity contribution is 5.99. The first-order chi connectivity index (χ1) is 12.6. The van der Waals surface area contributed by atoms with Gasteiger partial charge in [0.05, 0.1) is 0 Å². The van der Waals surface area contributed by atoms with Crippen molar-refractivity contribution < 1.29 is 19.8 Å². The van der Waals surface area contributed by atoms with E-state index in [4.69, 9.17) is 10.2 Å². The van der Waals surface area contributed by atoms with Gasteiger partial charge in [-0.25, -0.2) is 9.59 Å². The van der Waals surface area contributed by atoms with Gasteiger partial charge < -0.3 is 10.2 Å².